The summed E-state index contributed by atoms with van der Waals surface area (Å²) >= 11 is 0. The third-order valence-electron chi connectivity index (χ3n) is 1.54. The summed E-state index contributed by atoms with van der Waals surface area (Å²) in [6.45, 7) is 0. The van der Waals surface area contributed by atoms with Crippen LogP contribution in [0.15, 0.2) is 35.0 Å². The average molecular weight is 179 g/mol. The molecule has 0 saturated heterocycles. The minimum Gasteiger partial charge on any atom is -0.660 e. The van der Waals surface area contributed by atoms with Crippen molar-refractivity contribution in [2.45, 2.75) is 0 Å². The van der Waals surface area contributed by atoms with Gasteiger partial charge in [0, 0.05) is 12.1 Å². The first-order chi connectivity index (χ1) is 6.25. The van der Waals surface area contributed by atoms with Gasteiger partial charge in [-0.3, -0.25) is 0 Å². The fraction of sp³-hybridized carbons (Fsp3) is 0. The Balaban J connectivity index is 2.46. The van der Waals surface area contributed by atoms with Crippen molar-refractivity contribution in [3.8, 4) is 5.69 Å². The van der Waals surface area contributed by atoms with Gasteiger partial charge < -0.3 is 10.3 Å². The summed E-state index contributed by atoms with van der Waals surface area (Å²) in [5.74, 6) is -0.413. The lowest BCUT2D eigenvalue weighted by Crippen LogP contribution is -2.31. The van der Waals surface area contributed by atoms with Gasteiger partial charge in [0.05, 0.1) is 0 Å². The molecule has 2 aromatic rings. The molecule has 2 rings (SSSR count). The van der Waals surface area contributed by atoms with Crippen molar-refractivity contribution in [2.75, 3.05) is 0 Å². The molecule has 0 saturated carbocycles. The van der Waals surface area contributed by atoms with Gasteiger partial charge in [0.1, 0.15) is 11.7 Å². The second kappa shape index (κ2) is 2.85. The third-order valence-corrected chi connectivity index (χ3v) is 1.54. The highest BCUT2D eigenvalue weighted by Crippen LogP contribution is 2.06. The molecular weight excluding hydrogens is 173 g/mol. The molecule has 0 unspecified atom stereocenters. The van der Waals surface area contributed by atoms with Gasteiger partial charge in [0.15, 0.2) is 0 Å². The van der Waals surface area contributed by atoms with E-state index in [0.717, 1.165) is 0 Å². The molecule has 0 fully saturated rings. The van der Waals surface area contributed by atoms with Gasteiger partial charge in [-0.05, 0) is 10.7 Å². The molecule has 66 valence electrons. The van der Waals surface area contributed by atoms with Crippen molar-refractivity contribution >= 4 is 5.88 Å². The van der Waals surface area contributed by atoms with Crippen LogP contribution in [0, 0.1) is 5.82 Å². The lowest BCUT2D eigenvalue weighted by molar-refractivity contribution is -0.670. The monoisotopic (exact) mass is 179 g/mol. The molecule has 1 heterocycles. The maximum Gasteiger partial charge on any atom is 0.244 e. The number of halogens is 1. The lowest BCUT2D eigenvalue weighted by Gasteiger charge is -1.87. The average Bonchev–Trinajstić information content (AvgIpc) is 2.52. The van der Waals surface area contributed by atoms with Crippen LogP contribution in [-0.2, 0) is 0 Å². The van der Waals surface area contributed by atoms with E-state index in [1.807, 2.05) is 0 Å². The van der Waals surface area contributed by atoms with Crippen LogP contribution in [0.3, 0.4) is 0 Å². The van der Waals surface area contributed by atoms with E-state index in [9.17, 15) is 4.39 Å². The van der Waals surface area contributed by atoms with Crippen molar-refractivity contribution in [1.29, 1.82) is 0 Å². The summed E-state index contributed by atoms with van der Waals surface area (Å²) in [7, 11) is 0. The molecule has 0 aliphatic carbocycles. The predicted molar refractivity (Wildman–Crippen MR) is 42.0 cm³/mol. The number of hydrogen-bond donors (Lipinski definition) is 0. The molecular formula is C8H6FN3O. The number of nitrogens with zero attached hydrogens (tertiary/aromatic N) is 2. The van der Waals surface area contributed by atoms with Crippen molar-refractivity contribution in [3.05, 3.63) is 42.0 Å². The van der Waals surface area contributed by atoms with Gasteiger partial charge >= 0.3 is 0 Å². The van der Waals surface area contributed by atoms with Gasteiger partial charge in [-0.1, -0.05) is 6.07 Å². The van der Waals surface area contributed by atoms with Gasteiger partial charge in [-0.2, -0.15) is 0 Å². The molecule has 0 amide bonds. The summed E-state index contributed by atoms with van der Waals surface area (Å²) in [6.07, 6.45) is 1.36. The summed E-state index contributed by atoms with van der Waals surface area (Å²) in [5.41, 5.74) is 7.60. The van der Waals surface area contributed by atoms with E-state index >= 15 is 0 Å². The Kier molecular flexibility index (Phi) is 1.70. The lowest BCUT2D eigenvalue weighted by atomic mass is 10.3. The number of nitrogens with one attached hydrogen (secondary N) is 1. The Labute approximate surface area is 73.4 Å². The van der Waals surface area contributed by atoms with Crippen molar-refractivity contribution < 1.29 is 13.6 Å². The van der Waals surface area contributed by atoms with E-state index in [-0.39, 0.29) is 11.7 Å². The Morgan fingerprint density at radius 2 is 2.31 bits per heavy atom. The smallest absolute Gasteiger partial charge is 0.244 e. The molecule has 0 atom stereocenters. The number of aromatic nitrogens is 2. The fourth-order valence-electron chi connectivity index (χ4n) is 0.986. The molecule has 1 aromatic heterocycles. The highest BCUT2D eigenvalue weighted by molar-refractivity contribution is 5.25. The van der Waals surface area contributed by atoms with Crippen molar-refractivity contribution in [1.82, 2.24) is 5.27 Å². The van der Waals surface area contributed by atoms with Gasteiger partial charge in [0.25, 0.3) is 0 Å². The summed E-state index contributed by atoms with van der Waals surface area (Å²) in [4.78, 5) is 0. The Hall–Kier alpha value is -1.91. The number of benzene rings is 1. The molecule has 0 bridgehead atoms. The van der Waals surface area contributed by atoms with Crippen LogP contribution in [-0.4, -0.2) is 5.27 Å². The highest BCUT2D eigenvalue weighted by atomic mass is 19.1. The zero-order valence-electron chi connectivity index (χ0n) is 6.57. The molecule has 0 aliphatic rings. The maximum absolute atomic E-state index is 12.7. The molecule has 13 heavy (non-hydrogen) atoms. The quantitative estimate of drug-likeness (QED) is 0.626. The van der Waals surface area contributed by atoms with Gasteiger partial charge in [-0.15, -0.1) is 0 Å². The molecule has 0 spiro atoms. The number of rotatable bonds is 1. The Morgan fingerprint density at radius 3 is 2.92 bits per heavy atom. The SMILES string of the molecule is [NH-]c1c[n+](-c2cccc(F)c2)no1. The second-order valence-electron chi connectivity index (χ2n) is 2.49. The van der Waals surface area contributed by atoms with E-state index < -0.39 is 0 Å². The number of hydrogen-bond acceptors (Lipinski definition) is 2. The van der Waals surface area contributed by atoms with Crippen LogP contribution in [0.5, 0.6) is 0 Å². The standard InChI is InChI=1S/C8H6FN3O/c9-6-2-1-3-7(4-6)12-5-8(10)13-11-12/h1-5,10H. The van der Waals surface area contributed by atoms with Crippen LogP contribution in [0.25, 0.3) is 11.4 Å². The van der Waals surface area contributed by atoms with Crippen molar-refractivity contribution in [2.24, 2.45) is 0 Å². The molecule has 0 aliphatic heterocycles. The Morgan fingerprint density at radius 1 is 1.46 bits per heavy atom. The first-order valence-electron chi connectivity index (χ1n) is 3.62. The normalized spacial score (nSPS) is 10.2. The molecule has 4 nitrogen and oxygen atoms in total. The molecule has 5 heteroatoms. The minimum absolute atomic E-state index is 0.0655. The van der Waals surface area contributed by atoms with Crippen LogP contribution in [0.4, 0.5) is 10.3 Å². The Bertz CT molecular complexity index is 427. The summed E-state index contributed by atoms with van der Waals surface area (Å²) < 4.78 is 18.6. The van der Waals surface area contributed by atoms with E-state index in [0.29, 0.717) is 5.69 Å². The molecule has 0 radical (unpaired) electrons. The van der Waals surface area contributed by atoms with Gasteiger partial charge in [-0.25, -0.2) is 4.39 Å². The first kappa shape index (κ1) is 7.72. The first-order valence-corrected chi connectivity index (χ1v) is 3.62. The topological polar surface area (TPSA) is 53.7 Å². The predicted octanol–water partition coefficient (Wildman–Crippen LogP) is 1.77. The molecule has 1 N–H and O–H groups in total. The largest absolute Gasteiger partial charge is 0.660 e. The minimum atomic E-state index is -0.348. The van der Waals surface area contributed by atoms with Crippen LogP contribution in [0.2, 0.25) is 0 Å². The zero-order valence-corrected chi connectivity index (χ0v) is 6.57. The molecule has 1 aromatic carbocycles. The van der Waals surface area contributed by atoms with E-state index in [2.05, 4.69) is 9.79 Å². The van der Waals surface area contributed by atoms with E-state index in [4.69, 9.17) is 5.73 Å². The summed E-state index contributed by atoms with van der Waals surface area (Å²) in [6, 6.07) is 5.88. The maximum atomic E-state index is 12.7. The van der Waals surface area contributed by atoms with Crippen molar-refractivity contribution in [3.63, 3.8) is 0 Å². The highest BCUT2D eigenvalue weighted by Gasteiger charge is 2.10. The summed E-state index contributed by atoms with van der Waals surface area (Å²) in [5, 5.41) is 3.51. The van der Waals surface area contributed by atoms with Gasteiger partial charge in [0.2, 0.25) is 17.2 Å². The second-order valence-corrected chi connectivity index (χ2v) is 2.49. The van der Waals surface area contributed by atoms with Crippen LogP contribution >= 0.6 is 0 Å². The fourth-order valence-corrected chi connectivity index (χ4v) is 0.986. The zero-order chi connectivity index (χ0) is 9.26. The van der Waals surface area contributed by atoms with E-state index in [1.165, 1.54) is 23.0 Å². The third kappa shape index (κ3) is 1.48. The van der Waals surface area contributed by atoms with Crippen LogP contribution in [0.1, 0.15) is 0 Å². The van der Waals surface area contributed by atoms with Crippen LogP contribution < -0.4 is 4.68 Å². The van der Waals surface area contributed by atoms with E-state index in [1.54, 1.807) is 12.1 Å².